The highest BCUT2D eigenvalue weighted by Crippen LogP contribution is 2.26. The maximum absolute atomic E-state index is 11.9. The predicted molar refractivity (Wildman–Crippen MR) is 74.1 cm³/mol. The van der Waals surface area contributed by atoms with Crippen molar-refractivity contribution < 1.29 is 9.53 Å². The van der Waals surface area contributed by atoms with Gasteiger partial charge in [-0.15, -0.1) is 12.4 Å². The highest BCUT2D eigenvalue weighted by molar-refractivity contribution is 5.85. The third kappa shape index (κ3) is 3.47. The van der Waals surface area contributed by atoms with E-state index in [0.29, 0.717) is 0 Å². The van der Waals surface area contributed by atoms with Gasteiger partial charge in [0.2, 0.25) is 0 Å². The summed E-state index contributed by atoms with van der Waals surface area (Å²) in [4.78, 5) is 11.9. The summed E-state index contributed by atoms with van der Waals surface area (Å²) in [6.07, 6.45) is 3.41. The van der Waals surface area contributed by atoms with E-state index in [-0.39, 0.29) is 30.3 Å². The summed E-state index contributed by atoms with van der Waals surface area (Å²) < 4.78 is 4.94. The van der Waals surface area contributed by atoms with Crippen LogP contribution in [-0.4, -0.2) is 25.7 Å². The molecule has 0 spiro atoms. The lowest BCUT2D eigenvalue weighted by molar-refractivity contribution is -0.143. The topological polar surface area (TPSA) is 38.3 Å². The van der Waals surface area contributed by atoms with E-state index in [1.807, 2.05) is 30.3 Å². The monoisotopic (exact) mass is 269 g/mol. The average molecular weight is 270 g/mol. The second-order valence-corrected chi connectivity index (χ2v) is 4.47. The lowest BCUT2D eigenvalue weighted by atomic mass is 9.86. The number of nitrogens with one attached hydrogen (secondary N) is 1. The van der Waals surface area contributed by atoms with E-state index in [1.165, 1.54) is 20.0 Å². The zero-order valence-corrected chi connectivity index (χ0v) is 11.4. The van der Waals surface area contributed by atoms with Gasteiger partial charge in [-0.05, 0) is 24.9 Å². The fourth-order valence-corrected chi connectivity index (χ4v) is 2.48. The van der Waals surface area contributed by atoms with E-state index in [1.54, 1.807) is 0 Å². The number of carbonyl (C=O) groups excluding carboxylic acids is 1. The SMILES string of the molecule is COC(=O)C(c1ccccc1)[C@H]1CCCCN1.Cl. The molecule has 1 aromatic rings. The molecule has 3 nitrogen and oxygen atoms in total. The van der Waals surface area contributed by atoms with Gasteiger partial charge in [-0.3, -0.25) is 4.79 Å². The summed E-state index contributed by atoms with van der Waals surface area (Å²) in [5.41, 5.74) is 1.04. The summed E-state index contributed by atoms with van der Waals surface area (Å²) in [6.45, 7) is 0.991. The van der Waals surface area contributed by atoms with Crippen molar-refractivity contribution in [3.63, 3.8) is 0 Å². The Morgan fingerprint density at radius 3 is 2.61 bits per heavy atom. The largest absolute Gasteiger partial charge is 0.469 e. The molecule has 1 aromatic carbocycles. The number of ether oxygens (including phenoxy) is 1. The summed E-state index contributed by atoms with van der Waals surface area (Å²) >= 11 is 0. The van der Waals surface area contributed by atoms with Crippen LogP contribution in [0.4, 0.5) is 0 Å². The van der Waals surface area contributed by atoms with Crippen LogP contribution >= 0.6 is 12.4 Å². The third-order valence-electron chi connectivity index (χ3n) is 3.36. The molecular weight excluding hydrogens is 250 g/mol. The molecule has 1 heterocycles. The van der Waals surface area contributed by atoms with Crippen LogP contribution < -0.4 is 5.32 Å². The molecule has 4 heteroatoms. The molecule has 0 saturated carbocycles. The van der Waals surface area contributed by atoms with Crippen LogP contribution in [0.25, 0.3) is 0 Å². The summed E-state index contributed by atoms with van der Waals surface area (Å²) in [6, 6.07) is 10.1. The zero-order chi connectivity index (χ0) is 12.1. The van der Waals surface area contributed by atoms with E-state index in [9.17, 15) is 4.79 Å². The van der Waals surface area contributed by atoms with Crippen LogP contribution in [0.15, 0.2) is 30.3 Å². The molecular formula is C14H20ClNO2. The quantitative estimate of drug-likeness (QED) is 0.857. The van der Waals surface area contributed by atoms with E-state index in [0.717, 1.165) is 18.5 Å². The van der Waals surface area contributed by atoms with Crippen molar-refractivity contribution in [2.75, 3.05) is 13.7 Å². The minimum atomic E-state index is -0.179. The van der Waals surface area contributed by atoms with Crippen LogP contribution in [0, 0.1) is 0 Å². The number of carbonyl (C=O) groups is 1. The Labute approximate surface area is 114 Å². The van der Waals surface area contributed by atoms with Gasteiger partial charge in [-0.2, -0.15) is 0 Å². The van der Waals surface area contributed by atoms with Crippen LogP contribution in [0.3, 0.4) is 0 Å². The van der Waals surface area contributed by atoms with Crippen molar-refractivity contribution in [3.8, 4) is 0 Å². The van der Waals surface area contributed by atoms with Gasteiger partial charge in [0.15, 0.2) is 0 Å². The minimum absolute atomic E-state index is 0. The number of hydrogen-bond acceptors (Lipinski definition) is 3. The Balaban J connectivity index is 0.00000162. The van der Waals surface area contributed by atoms with Gasteiger partial charge in [-0.25, -0.2) is 0 Å². The molecule has 0 radical (unpaired) electrons. The van der Waals surface area contributed by atoms with Gasteiger partial charge in [-0.1, -0.05) is 36.8 Å². The first-order valence-electron chi connectivity index (χ1n) is 6.19. The van der Waals surface area contributed by atoms with Gasteiger partial charge in [0.1, 0.15) is 0 Å². The van der Waals surface area contributed by atoms with E-state index in [2.05, 4.69) is 5.32 Å². The molecule has 1 N–H and O–H groups in total. The second-order valence-electron chi connectivity index (χ2n) is 4.47. The molecule has 0 aliphatic carbocycles. The predicted octanol–water partition coefficient (Wildman–Crippen LogP) is 2.51. The summed E-state index contributed by atoms with van der Waals surface area (Å²) in [5.74, 6) is -0.322. The summed E-state index contributed by atoms with van der Waals surface area (Å²) in [7, 11) is 1.46. The Morgan fingerprint density at radius 1 is 1.33 bits per heavy atom. The van der Waals surface area contributed by atoms with Crippen molar-refractivity contribution in [1.82, 2.24) is 5.32 Å². The number of piperidine rings is 1. The number of rotatable bonds is 3. The highest BCUT2D eigenvalue weighted by Gasteiger charge is 2.31. The molecule has 18 heavy (non-hydrogen) atoms. The molecule has 0 aromatic heterocycles. The average Bonchev–Trinajstić information content (AvgIpc) is 2.41. The van der Waals surface area contributed by atoms with Crippen molar-refractivity contribution >= 4 is 18.4 Å². The lowest BCUT2D eigenvalue weighted by Gasteiger charge is -2.29. The molecule has 2 atom stereocenters. The van der Waals surface area contributed by atoms with E-state index < -0.39 is 0 Å². The van der Waals surface area contributed by atoms with Crippen molar-refractivity contribution in [2.45, 2.75) is 31.2 Å². The first kappa shape index (κ1) is 15.0. The van der Waals surface area contributed by atoms with Crippen LogP contribution in [0.5, 0.6) is 0 Å². The normalized spacial score (nSPS) is 20.6. The maximum atomic E-state index is 11.9. The van der Waals surface area contributed by atoms with Crippen molar-refractivity contribution in [3.05, 3.63) is 35.9 Å². The van der Waals surface area contributed by atoms with Gasteiger partial charge < -0.3 is 10.1 Å². The molecule has 100 valence electrons. The minimum Gasteiger partial charge on any atom is -0.469 e. The van der Waals surface area contributed by atoms with Gasteiger partial charge >= 0.3 is 5.97 Å². The molecule has 0 bridgehead atoms. The fraction of sp³-hybridized carbons (Fsp3) is 0.500. The Kier molecular flexibility index (Phi) is 6.16. The molecule has 1 aliphatic rings. The number of esters is 1. The standard InChI is InChI=1S/C14H19NO2.ClH/c1-17-14(16)13(11-7-3-2-4-8-11)12-9-5-6-10-15-12;/h2-4,7-8,12-13,15H,5-6,9-10H2,1H3;1H/t12-,13?;/m1./s1. The third-order valence-corrected chi connectivity index (χ3v) is 3.36. The Bertz CT molecular complexity index is 363. The van der Waals surface area contributed by atoms with E-state index >= 15 is 0 Å². The van der Waals surface area contributed by atoms with Crippen molar-refractivity contribution in [1.29, 1.82) is 0 Å². The molecule has 1 fully saturated rings. The number of hydrogen-bond donors (Lipinski definition) is 1. The number of methoxy groups -OCH3 is 1. The summed E-state index contributed by atoms with van der Waals surface area (Å²) in [5, 5.41) is 3.43. The molecule has 1 aliphatic heterocycles. The Hall–Kier alpha value is -1.06. The van der Waals surface area contributed by atoms with Gasteiger partial charge in [0, 0.05) is 6.04 Å². The van der Waals surface area contributed by atoms with Crippen molar-refractivity contribution in [2.24, 2.45) is 0 Å². The molecule has 0 amide bonds. The first-order chi connectivity index (χ1) is 8.33. The first-order valence-corrected chi connectivity index (χ1v) is 6.19. The number of halogens is 1. The zero-order valence-electron chi connectivity index (χ0n) is 10.6. The van der Waals surface area contributed by atoms with Gasteiger partial charge in [0.25, 0.3) is 0 Å². The van der Waals surface area contributed by atoms with E-state index in [4.69, 9.17) is 4.74 Å². The van der Waals surface area contributed by atoms with Crippen LogP contribution in [0.1, 0.15) is 30.7 Å². The molecule has 2 rings (SSSR count). The van der Waals surface area contributed by atoms with Gasteiger partial charge in [0.05, 0.1) is 13.0 Å². The van der Waals surface area contributed by atoms with Crippen LogP contribution in [-0.2, 0) is 9.53 Å². The molecule has 1 unspecified atom stereocenters. The molecule has 1 saturated heterocycles. The maximum Gasteiger partial charge on any atom is 0.314 e. The smallest absolute Gasteiger partial charge is 0.314 e. The van der Waals surface area contributed by atoms with Crippen LogP contribution in [0.2, 0.25) is 0 Å². The lowest BCUT2D eigenvalue weighted by Crippen LogP contribution is -2.42. The second kappa shape index (κ2) is 7.39. The highest BCUT2D eigenvalue weighted by atomic mass is 35.5. The Morgan fingerprint density at radius 2 is 2.06 bits per heavy atom. The fourth-order valence-electron chi connectivity index (χ4n) is 2.48. The number of benzene rings is 1.